The first-order chi connectivity index (χ1) is 16.0. The Balaban J connectivity index is 1.43. The molecule has 1 unspecified atom stereocenters. The lowest BCUT2D eigenvalue weighted by Crippen LogP contribution is -2.50. The summed E-state index contributed by atoms with van der Waals surface area (Å²) in [6.45, 7) is 2.92. The quantitative estimate of drug-likeness (QED) is 0.545. The Morgan fingerprint density at radius 1 is 1.24 bits per heavy atom. The number of aryl methyl sites for hydroxylation is 1. The van der Waals surface area contributed by atoms with E-state index in [0.717, 1.165) is 41.6 Å². The maximum atomic E-state index is 12.5. The highest BCUT2D eigenvalue weighted by atomic mass is 35.5. The minimum absolute atomic E-state index is 0.109. The average molecular weight is 492 g/mol. The van der Waals surface area contributed by atoms with Crippen molar-refractivity contribution in [1.29, 1.82) is 0 Å². The van der Waals surface area contributed by atoms with Gasteiger partial charge in [-0.15, -0.1) is 10.2 Å². The first kappa shape index (κ1) is 23.9. The van der Waals surface area contributed by atoms with Crippen LogP contribution in [0.3, 0.4) is 0 Å². The molecule has 33 heavy (non-hydrogen) atoms. The molecule has 2 aliphatic rings. The summed E-state index contributed by atoms with van der Waals surface area (Å²) in [5, 5.41) is 15.8. The Morgan fingerprint density at radius 3 is 2.82 bits per heavy atom. The molecule has 1 aromatic carbocycles. The van der Waals surface area contributed by atoms with E-state index in [1.54, 1.807) is 0 Å². The number of hydrogen-bond acceptors (Lipinski definition) is 6. The number of benzene rings is 1. The van der Waals surface area contributed by atoms with Gasteiger partial charge in [-0.3, -0.25) is 14.2 Å². The number of nitrogens with one attached hydrogen (secondary N) is 2. The fourth-order valence-electron chi connectivity index (χ4n) is 4.40. The Morgan fingerprint density at radius 2 is 2.06 bits per heavy atom. The van der Waals surface area contributed by atoms with Gasteiger partial charge >= 0.3 is 0 Å². The highest BCUT2D eigenvalue weighted by Crippen LogP contribution is 2.33. The number of carbonyl (C=O) groups is 2. The first-order valence-electron chi connectivity index (χ1n) is 11.5. The number of aromatic nitrogens is 3. The number of rotatable bonds is 8. The van der Waals surface area contributed by atoms with E-state index in [4.69, 9.17) is 16.3 Å². The van der Waals surface area contributed by atoms with Gasteiger partial charge in [0.25, 0.3) is 0 Å². The van der Waals surface area contributed by atoms with Crippen LogP contribution < -0.4 is 15.4 Å². The average Bonchev–Trinajstić information content (AvgIpc) is 3.22. The number of nitrogens with zero attached hydrogens (tertiary/aromatic N) is 3. The van der Waals surface area contributed by atoms with Gasteiger partial charge in [-0.05, 0) is 56.4 Å². The summed E-state index contributed by atoms with van der Waals surface area (Å²) in [4.78, 5) is 24.4. The zero-order valence-corrected chi connectivity index (χ0v) is 20.4. The van der Waals surface area contributed by atoms with Crippen molar-refractivity contribution in [2.24, 2.45) is 0 Å². The molecule has 2 aromatic rings. The molecular weight excluding hydrogens is 462 g/mol. The van der Waals surface area contributed by atoms with Crippen LogP contribution in [0, 0.1) is 6.92 Å². The summed E-state index contributed by atoms with van der Waals surface area (Å²) in [7, 11) is 0. The van der Waals surface area contributed by atoms with E-state index in [1.165, 1.54) is 31.0 Å². The second-order valence-corrected chi connectivity index (χ2v) is 9.98. The van der Waals surface area contributed by atoms with Crippen LogP contribution in [0.2, 0.25) is 5.02 Å². The molecule has 2 fully saturated rings. The topological polar surface area (TPSA) is 98.1 Å². The predicted molar refractivity (Wildman–Crippen MR) is 128 cm³/mol. The standard InChI is InChI=1S/C23H30ClN5O3S/c1-15-12-16(24)9-10-19(15)32-13-20-27-28-23(29(20)17-6-3-2-4-7-17)33-14-21(30)26-18-8-5-11-25-22(18)31/h9-10,12,17-18H,2-8,11,13-14H2,1H3,(H,25,31)(H,26,30). The molecule has 1 saturated heterocycles. The first-order valence-corrected chi connectivity index (χ1v) is 12.9. The number of piperidine rings is 1. The van der Waals surface area contributed by atoms with Crippen LogP contribution in [0.5, 0.6) is 5.75 Å². The molecule has 10 heteroatoms. The van der Waals surface area contributed by atoms with Crippen LogP contribution in [-0.4, -0.2) is 44.9 Å². The minimum Gasteiger partial charge on any atom is -0.485 e. The molecule has 4 rings (SSSR count). The van der Waals surface area contributed by atoms with Crippen molar-refractivity contribution < 1.29 is 14.3 Å². The summed E-state index contributed by atoms with van der Waals surface area (Å²) in [5.41, 5.74) is 0.962. The SMILES string of the molecule is Cc1cc(Cl)ccc1OCc1nnc(SCC(=O)NC2CCCNC2=O)n1C1CCCCC1. The molecule has 8 nitrogen and oxygen atoms in total. The second kappa shape index (κ2) is 11.2. The summed E-state index contributed by atoms with van der Waals surface area (Å²) in [5.74, 6) is 1.42. The fourth-order valence-corrected chi connectivity index (χ4v) is 5.47. The van der Waals surface area contributed by atoms with Crippen molar-refractivity contribution in [3.8, 4) is 5.75 Å². The smallest absolute Gasteiger partial charge is 0.242 e. The second-order valence-electron chi connectivity index (χ2n) is 8.60. The predicted octanol–water partition coefficient (Wildman–Crippen LogP) is 3.81. The van der Waals surface area contributed by atoms with Crippen molar-refractivity contribution in [3.63, 3.8) is 0 Å². The van der Waals surface area contributed by atoms with Crippen LogP contribution >= 0.6 is 23.4 Å². The molecule has 1 atom stereocenters. The minimum atomic E-state index is -0.449. The van der Waals surface area contributed by atoms with E-state index >= 15 is 0 Å². The molecular formula is C23H30ClN5O3S. The van der Waals surface area contributed by atoms with E-state index in [0.29, 0.717) is 30.6 Å². The fraction of sp³-hybridized carbons (Fsp3) is 0.565. The summed E-state index contributed by atoms with van der Waals surface area (Å²) in [6, 6.07) is 5.39. The number of halogens is 1. The molecule has 2 amide bonds. The normalized spacial score (nSPS) is 19.2. The number of ether oxygens (including phenoxy) is 1. The monoisotopic (exact) mass is 491 g/mol. The number of hydrogen-bond donors (Lipinski definition) is 2. The molecule has 1 aliphatic carbocycles. The lowest BCUT2D eigenvalue weighted by molar-refractivity contribution is -0.129. The Labute approximate surface area is 203 Å². The zero-order valence-electron chi connectivity index (χ0n) is 18.8. The van der Waals surface area contributed by atoms with Crippen molar-refractivity contribution in [3.05, 3.63) is 34.6 Å². The van der Waals surface area contributed by atoms with Gasteiger partial charge in [0.15, 0.2) is 11.0 Å². The Bertz CT molecular complexity index is 992. The van der Waals surface area contributed by atoms with E-state index in [2.05, 4.69) is 25.4 Å². The van der Waals surface area contributed by atoms with Gasteiger partial charge in [-0.2, -0.15) is 0 Å². The molecule has 1 saturated carbocycles. The van der Waals surface area contributed by atoms with Crippen molar-refractivity contribution in [2.75, 3.05) is 12.3 Å². The zero-order chi connectivity index (χ0) is 23.2. The van der Waals surface area contributed by atoms with E-state index in [9.17, 15) is 9.59 Å². The van der Waals surface area contributed by atoms with Gasteiger partial charge in [-0.25, -0.2) is 0 Å². The number of thioether (sulfide) groups is 1. The third-order valence-corrected chi connectivity index (χ3v) is 7.30. The van der Waals surface area contributed by atoms with Crippen LogP contribution in [0.25, 0.3) is 0 Å². The summed E-state index contributed by atoms with van der Waals surface area (Å²) in [6.07, 6.45) is 7.24. The third-order valence-electron chi connectivity index (χ3n) is 6.12. The van der Waals surface area contributed by atoms with Gasteiger partial charge in [0.2, 0.25) is 11.8 Å². The summed E-state index contributed by atoms with van der Waals surface area (Å²) < 4.78 is 8.19. The van der Waals surface area contributed by atoms with Crippen molar-refractivity contribution in [2.45, 2.75) is 75.7 Å². The van der Waals surface area contributed by atoms with Gasteiger partial charge < -0.3 is 15.4 Å². The number of amides is 2. The summed E-state index contributed by atoms with van der Waals surface area (Å²) >= 11 is 7.41. The van der Waals surface area contributed by atoms with Crippen LogP contribution in [-0.2, 0) is 16.2 Å². The largest absolute Gasteiger partial charge is 0.485 e. The Kier molecular flexibility index (Phi) is 8.14. The van der Waals surface area contributed by atoms with E-state index in [1.807, 2.05) is 25.1 Å². The lowest BCUT2D eigenvalue weighted by atomic mass is 9.95. The molecule has 2 N–H and O–H groups in total. The molecule has 0 spiro atoms. The molecule has 0 radical (unpaired) electrons. The molecule has 2 heterocycles. The van der Waals surface area contributed by atoms with Crippen LogP contribution in [0.1, 0.15) is 62.4 Å². The number of carbonyl (C=O) groups excluding carboxylic acids is 2. The molecule has 1 aliphatic heterocycles. The van der Waals surface area contributed by atoms with Gasteiger partial charge in [-0.1, -0.05) is 42.6 Å². The molecule has 178 valence electrons. The van der Waals surface area contributed by atoms with Gasteiger partial charge in [0.05, 0.1) is 5.75 Å². The highest BCUT2D eigenvalue weighted by Gasteiger charge is 2.26. The highest BCUT2D eigenvalue weighted by molar-refractivity contribution is 7.99. The van der Waals surface area contributed by atoms with Crippen LogP contribution in [0.15, 0.2) is 23.4 Å². The molecule has 0 bridgehead atoms. The van der Waals surface area contributed by atoms with Crippen molar-refractivity contribution >= 4 is 35.2 Å². The third kappa shape index (κ3) is 6.20. The lowest BCUT2D eigenvalue weighted by Gasteiger charge is -2.26. The van der Waals surface area contributed by atoms with E-state index in [-0.39, 0.29) is 17.6 Å². The van der Waals surface area contributed by atoms with Gasteiger partial charge in [0, 0.05) is 17.6 Å². The Hall–Kier alpha value is -2.26. The maximum absolute atomic E-state index is 12.5. The van der Waals surface area contributed by atoms with Crippen LogP contribution in [0.4, 0.5) is 0 Å². The van der Waals surface area contributed by atoms with Gasteiger partial charge in [0.1, 0.15) is 18.4 Å². The van der Waals surface area contributed by atoms with E-state index < -0.39 is 6.04 Å². The maximum Gasteiger partial charge on any atom is 0.242 e. The van der Waals surface area contributed by atoms with Crippen molar-refractivity contribution in [1.82, 2.24) is 25.4 Å². The molecule has 1 aromatic heterocycles.